The molecule has 2 amide bonds. The first-order valence-corrected chi connectivity index (χ1v) is 8.52. The second kappa shape index (κ2) is 7.00. The highest BCUT2D eigenvalue weighted by Gasteiger charge is 2.32. The summed E-state index contributed by atoms with van der Waals surface area (Å²) in [6.07, 6.45) is 1.38. The average Bonchev–Trinajstić information content (AvgIpc) is 3.03. The zero-order valence-corrected chi connectivity index (χ0v) is 15.3. The second-order valence-electron chi connectivity index (χ2n) is 5.17. The van der Waals surface area contributed by atoms with Gasteiger partial charge in [0.25, 0.3) is 11.8 Å². The van der Waals surface area contributed by atoms with E-state index in [4.69, 9.17) is 39.8 Å². The Morgan fingerprint density at radius 2 is 2.00 bits per heavy atom. The molecule has 128 valence electrons. The third kappa shape index (κ3) is 3.33. The fourth-order valence-corrected chi connectivity index (χ4v) is 3.09. The maximum Gasteiger partial charge on any atom is 0.265 e. The molecule has 0 atom stereocenters. The smallest absolute Gasteiger partial charge is 0.265 e. The topological polar surface area (TPSA) is 62.6 Å². The zero-order valence-electron chi connectivity index (χ0n) is 13.0. The van der Waals surface area contributed by atoms with E-state index in [1.54, 1.807) is 37.3 Å². The largest absolute Gasteiger partial charge is 0.457 e. The van der Waals surface area contributed by atoms with Crippen LogP contribution in [0.3, 0.4) is 0 Å². The van der Waals surface area contributed by atoms with Crippen LogP contribution in [0.1, 0.15) is 12.7 Å². The van der Waals surface area contributed by atoms with Crippen LogP contribution in [0.5, 0.6) is 0 Å². The van der Waals surface area contributed by atoms with E-state index in [1.165, 1.54) is 11.0 Å². The van der Waals surface area contributed by atoms with Crippen LogP contribution in [-0.2, 0) is 9.59 Å². The molecule has 8 heteroatoms. The van der Waals surface area contributed by atoms with E-state index in [1.807, 2.05) is 0 Å². The van der Waals surface area contributed by atoms with Crippen molar-refractivity contribution < 1.29 is 14.0 Å². The van der Waals surface area contributed by atoms with Crippen molar-refractivity contribution in [2.75, 3.05) is 6.54 Å². The van der Waals surface area contributed by atoms with E-state index in [9.17, 15) is 9.59 Å². The molecule has 2 aromatic rings. The third-order valence-corrected chi connectivity index (χ3v) is 4.77. The number of hydrogen-bond donors (Lipinski definition) is 1. The molecule has 1 aliphatic rings. The predicted octanol–water partition coefficient (Wildman–Crippen LogP) is 3.90. The van der Waals surface area contributed by atoms with Crippen LogP contribution in [0.2, 0.25) is 10.0 Å². The van der Waals surface area contributed by atoms with Gasteiger partial charge in [-0.1, -0.05) is 29.3 Å². The lowest BCUT2D eigenvalue weighted by Gasteiger charge is -2.27. The van der Waals surface area contributed by atoms with Gasteiger partial charge in [-0.25, -0.2) is 0 Å². The number of hydrogen-bond acceptors (Lipinski definition) is 4. The van der Waals surface area contributed by atoms with Gasteiger partial charge in [-0.2, -0.15) is 0 Å². The van der Waals surface area contributed by atoms with Crippen molar-refractivity contribution in [1.82, 2.24) is 10.2 Å². The van der Waals surface area contributed by atoms with Gasteiger partial charge in [-0.05, 0) is 49.5 Å². The van der Waals surface area contributed by atoms with Gasteiger partial charge in [0.1, 0.15) is 17.1 Å². The standard InChI is InChI=1S/C17H12Cl2N2O3S/c1-2-21-16(23)11(15(22)20-17(21)25)8-9-6-7-13(24-9)10-4-3-5-12(18)14(10)19/h3-8H,2H2,1H3,(H,20,22,25)/b11-8+. The minimum absolute atomic E-state index is 0.0476. The molecule has 0 bridgehead atoms. The monoisotopic (exact) mass is 394 g/mol. The normalized spacial score (nSPS) is 16.5. The number of furan rings is 1. The van der Waals surface area contributed by atoms with E-state index < -0.39 is 11.8 Å². The first kappa shape index (κ1) is 17.7. The molecule has 3 rings (SSSR count). The molecule has 0 unspecified atom stereocenters. The van der Waals surface area contributed by atoms with Gasteiger partial charge >= 0.3 is 0 Å². The van der Waals surface area contributed by atoms with Crippen molar-refractivity contribution in [2.24, 2.45) is 0 Å². The minimum atomic E-state index is -0.557. The fraction of sp³-hybridized carbons (Fsp3) is 0.118. The van der Waals surface area contributed by atoms with E-state index in [0.29, 0.717) is 33.7 Å². The summed E-state index contributed by atoms with van der Waals surface area (Å²) in [4.78, 5) is 25.8. The highest BCUT2D eigenvalue weighted by atomic mass is 35.5. The van der Waals surface area contributed by atoms with E-state index in [-0.39, 0.29) is 10.7 Å². The first-order valence-electron chi connectivity index (χ1n) is 7.35. The van der Waals surface area contributed by atoms with Crippen molar-refractivity contribution in [3.05, 3.63) is 51.7 Å². The zero-order chi connectivity index (χ0) is 18.1. The van der Waals surface area contributed by atoms with Gasteiger partial charge < -0.3 is 4.42 Å². The van der Waals surface area contributed by atoms with Gasteiger partial charge in [0, 0.05) is 12.1 Å². The summed E-state index contributed by atoms with van der Waals surface area (Å²) in [5, 5.41) is 3.36. The lowest BCUT2D eigenvalue weighted by molar-refractivity contribution is -0.128. The molecule has 1 aromatic carbocycles. The van der Waals surface area contributed by atoms with E-state index in [2.05, 4.69) is 5.32 Å². The van der Waals surface area contributed by atoms with E-state index in [0.717, 1.165) is 0 Å². The molecular formula is C17H12Cl2N2O3S. The number of halogens is 2. The summed E-state index contributed by atoms with van der Waals surface area (Å²) < 4.78 is 5.70. The Balaban J connectivity index is 1.96. The van der Waals surface area contributed by atoms with Crippen LogP contribution >= 0.6 is 35.4 Å². The maximum atomic E-state index is 12.4. The van der Waals surface area contributed by atoms with Crippen LogP contribution < -0.4 is 5.32 Å². The summed E-state index contributed by atoms with van der Waals surface area (Å²) in [5.41, 5.74) is 0.572. The molecule has 2 heterocycles. The van der Waals surface area contributed by atoms with Gasteiger partial charge in [-0.15, -0.1) is 0 Å². The highest BCUT2D eigenvalue weighted by Crippen LogP contribution is 2.34. The molecule has 0 spiro atoms. The predicted molar refractivity (Wildman–Crippen MR) is 100 cm³/mol. The summed E-state index contributed by atoms with van der Waals surface area (Å²) in [5.74, 6) is -0.201. The number of nitrogens with one attached hydrogen (secondary N) is 1. The molecule has 1 N–H and O–H groups in total. The van der Waals surface area contributed by atoms with Crippen molar-refractivity contribution in [1.29, 1.82) is 0 Å². The lowest BCUT2D eigenvalue weighted by Crippen LogP contribution is -2.53. The number of carbonyl (C=O) groups is 2. The number of nitrogens with zero attached hydrogens (tertiary/aromatic N) is 1. The summed E-state index contributed by atoms with van der Waals surface area (Å²) in [7, 11) is 0. The molecule has 1 saturated heterocycles. The number of carbonyl (C=O) groups excluding carboxylic acids is 2. The highest BCUT2D eigenvalue weighted by molar-refractivity contribution is 7.80. The Hall–Kier alpha value is -2.15. The average molecular weight is 395 g/mol. The molecule has 0 aliphatic carbocycles. The maximum absolute atomic E-state index is 12.4. The number of benzene rings is 1. The number of likely N-dealkylation sites (N-methyl/N-ethyl adjacent to an activating group) is 1. The number of thiocarbonyl (C=S) groups is 1. The number of amides is 2. The van der Waals surface area contributed by atoms with Gasteiger partial charge in [0.2, 0.25) is 0 Å². The quantitative estimate of drug-likeness (QED) is 0.487. The fourth-order valence-electron chi connectivity index (χ4n) is 2.39. The Morgan fingerprint density at radius 3 is 2.72 bits per heavy atom. The second-order valence-corrected chi connectivity index (χ2v) is 6.34. The molecule has 25 heavy (non-hydrogen) atoms. The Bertz CT molecular complexity index is 920. The van der Waals surface area contributed by atoms with Gasteiger partial charge in [-0.3, -0.25) is 19.8 Å². The molecule has 1 aliphatic heterocycles. The van der Waals surface area contributed by atoms with Gasteiger partial charge in [0.15, 0.2) is 5.11 Å². The van der Waals surface area contributed by atoms with Crippen molar-refractivity contribution in [3.8, 4) is 11.3 Å². The summed E-state index contributed by atoms with van der Waals surface area (Å²) in [6, 6.07) is 8.52. The summed E-state index contributed by atoms with van der Waals surface area (Å²) >= 11 is 17.2. The van der Waals surface area contributed by atoms with Crippen molar-refractivity contribution >= 4 is 58.4 Å². The molecule has 0 radical (unpaired) electrons. The van der Waals surface area contributed by atoms with Crippen LogP contribution in [0.4, 0.5) is 0 Å². The van der Waals surface area contributed by atoms with Crippen molar-refractivity contribution in [3.63, 3.8) is 0 Å². The Labute approximate surface area is 159 Å². The first-order chi connectivity index (χ1) is 11.9. The summed E-state index contributed by atoms with van der Waals surface area (Å²) in [6.45, 7) is 2.13. The lowest BCUT2D eigenvalue weighted by atomic mass is 10.1. The van der Waals surface area contributed by atoms with Crippen molar-refractivity contribution in [2.45, 2.75) is 6.92 Å². The van der Waals surface area contributed by atoms with Crippen LogP contribution in [-0.4, -0.2) is 28.4 Å². The third-order valence-electron chi connectivity index (χ3n) is 3.63. The molecular weight excluding hydrogens is 383 g/mol. The molecule has 1 aromatic heterocycles. The van der Waals surface area contributed by atoms with Crippen LogP contribution in [0.25, 0.3) is 17.4 Å². The SMILES string of the molecule is CCN1C(=O)/C(=C/c2ccc(-c3cccc(Cl)c3Cl)o2)C(=O)NC1=S. The molecule has 5 nitrogen and oxygen atoms in total. The number of rotatable bonds is 3. The minimum Gasteiger partial charge on any atom is -0.457 e. The van der Waals surface area contributed by atoms with E-state index >= 15 is 0 Å². The van der Waals surface area contributed by atoms with Crippen LogP contribution in [0, 0.1) is 0 Å². The molecule has 0 saturated carbocycles. The Morgan fingerprint density at radius 1 is 1.24 bits per heavy atom. The van der Waals surface area contributed by atoms with Gasteiger partial charge in [0.05, 0.1) is 10.0 Å². The van der Waals surface area contributed by atoms with Crippen LogP contribution in [0.15, 0.2) is 40.3 Å². The molecule has 1 fully saturated rings. The Kier molecular flexibility index (Phi) is 4.94.